The van der Waals surface area contributed by atoms with Crippen molar-refractivity contribution in [2.24, 2.45) is 0 Å². The first kappa shape index (κ1) is 12.6. The molecule has 6 heteroatoms. The lowest BCUT2D eigenvalue weighted by molar-refractivity contribution is -0.141. The number of ether oxygens (including phenoxy) is 1. The van der Waals surface area contributed by atoms with E-state index in [1.807, 2.05) is 0 Å². The smallest absolute Gasteiger partial charge is 0.315 e. The Balaban J connectivity index is 3.02. The normalized spacial score (nSPS) is 13.1. The second-order valence-electron chi connectivity index (χ2n) is 3.42. The van der Waals surface area contributed by atoms with Crippen LogP contribution in [-0.2, 0) is 19.4 Å². The first-order chi connectivity index (χ1) is 7.44. The molecule has 1 aromatic rings. The number of methoxy groups -OCH3 is 1. The highest BCUT2D eigenvalue weighted by Crippen LogP contribution is 2.16. The number of pyridine rings is 1. The molecule has 0 saturated heterocycles. The second-order valence-corrected chi connectivity index (χ2v) is 5.61. The summed E-state index contributed by atoms with van der Waals surface area (Å²) in [5.41, 5.74) is 0.403. The SMILES string of the molecule is COC(=O)C(CS(C)(=O)=O)c1ccccn1. The molecule has 1 rings (SSSR count). The van der Waals surface area contributed by atoms with E-state index in [9.17, 15) is 13.2 Å². The fourth-order valence-corrected chi connectivity index (χ4v) is 2.21. The van der Waals surface area contributed by atoms with Crippen LogP contribution in [0.4, 0.5) is 0 Å². The highest BCUT2D eigenvalue weighted by atomic mass is 32.2. The molecule has 0 aliphatic heterocycles. The largest absolute Gasteiger partial charge is 0.468 e. The van der Waals surface area contributed by atoms with Crippen LogP contribution in [0.25, 0.3) is 0 Å². The number of aromatic nitrogens is 1. The van der Waals surface area contributed by atoms with E-state index >= 15 is 0 Å². The van der Waals surface area contributed by atoms with Gasteiger partial charge in [0.1, 0.15) is 15.8 Å². The molecule has 1 heterocycles. The van der Waals surface area contributed by atoms with Crippen LogP contribution < -0.4 is 0 Å². The predicted octanol–water partition coefficient (Wildman–Crippen LogP) is 0.383. The van der Waals surface area contributed by atoms with Crippen LogP contribution >= 0.6 is 0 Å². The maximum atomic E-state index is 11.5. The van der Waals surface area contributed by atoms with Crippen LogP contribution in [-0.4, -0.2) is 38.5 Å². The van der Waals surface area contributed by atoms with E-state index in [0.717, 1.165) is 6.26 Å². The van der Waals surface area contributed by atoms with Crippen molar-refractivity contribution in [2.75, 3.05) is 19.1 Å². The van der Waals surface area contributed by atoms with E-state index < -0.39 is 21.7 Å². The highest BCUT2D eigenvalue weighted by Gasteiger charge is 2.26. The van der Waals surface area contributed by atoms with Crippen molar-refractivity contribution in [3.63, 3.8) is 0 Å². The zero-order valence-corrected chi connectivity index (χ0v) is 9.90. The number of carbonyl (C=O) groups excluding carboxylic acids is 1. The van der Waals surface area contributed by atoms with Gasteiger partial charge < -0.3 is 4.74 Å². The van der Waals surface area contributed by atoms with E-state index in [-0.39, 0.29) is 5.75 Å². The summed E-state index contributed by atoms with van der Waals surface area (Å²) in [6.45, 7) is 0. The molecule has 1 aromatic heterocycles. The molecule has 1 atom stereocenters. The second kappa shape index (κ2) is 5.07. The Morgan fingerprint density at radius 1 is 1.50 bits per heavy atom. The topological polar surface area (TPSA) is 73.3 Å². The summed E-state index contributed by atoms with van der Waals surface area (Å²) in [5, 5.41) is 0. The molecule has 0 N–H and O–H groups in total. The molecular formula is C10H13NO4S. The molecule has 5 nitrogen and oxygen atoms in total. The quantitative estimate of drug-likeness (QED) is 0.715. The lowest BCUT2D eigenvalue weighted by Crippen LogP contribution is -2.23. The van der Waals surface area contributed by atoms with Gasteiger partial charge in [0, 0.05) is 12.5 Å². The Kier molecular flexibility index (Phi) is 4.00. The molecule has 0 amide bonds. The lowest BCUT2D eigenvalue weighted by Gasteiger charge is -2.12. The molecule has 16 heavy (non-hydrogen) atoms. The van der Waals surface area contributed by atoms with Crippen LogP contribution in [0.15, 0.2) is 24.4 Å². The number of nitrogens with zero attached hydrogens (tertiary/aromatic N) is 1. The Hall–Kier alpha value is -1.43. The van der Waals surface area contributed by atoms with Gasteiger partial charge in [-0.15, -0.1) is 0 Å². The Bertz CT molecular complexity index is 455. The monoisotopic (exact) mass is 243 g/mol. The van der Waals surface area contributed by atoms with Gasteiger partial charge in [-0.05, 0) is 12.1 Å². The number of sulfone groups is 1. The molecule has 1 unspecified atom stereocenters. The molecule has 0 radical (unpaired) electrons. The number of hydrogen-bond donors (Lipinski definition) is 0. The molecule has 0 spiro atoms. The van der Waals surface area contributed by atoms with Crippen LogP contribution in [0.3, 0.4) is 0 Å². The average molecular weight is 243 g/mol. The summed E-state index contributed by atoms with van der Waals surface area (Å²) < 4.78 is 27.0. The van der Waals surface area contributed by atoms with Crippen molar-refractivity contribution >= 4 is 15.8 Å². The van der Waals surface area contributed by atoms with E-state index in [4.69, 9.17) is 0 Å². The standard InChI is InChI=1S/C10H13NO4S/c1-15-10(12)8(7-16(2,13)14)9-5-3-4-6-11-9/h3-6,8H,7H2,1-2H3. The Morgan fingerprint density at radius 2 is 2.19 bits per heavy atom. The minimum Gasteiger partial charge on any atom is -0.468 e. The zero-order chi connectivity index (χ0) is 12.2. The molecule has 0 bridgehead atoms. The molecule has 0 aliphatic rings. The van der Waals surface area contributed by atoms with E-state index in [0.29, 0.717) is 5.69 Å². The Morgan fingerprint density at radius 3 is 2.62 bits per heavy atom. The van der Waals surface area contributed by atoms with Crippen molar-refractivity contribution in [3.05, 3.63) is 30.1 Å². The summed E-state index contributed by atoms with van der Waals surface area (Å²) >= 11 is 0. The highest BCUT2D eigenvalue weighted by molar-refractivity contribution is 7.90. The number of esters is 1. The molecule has 0 fully saturated rings. The van der Waals surface area contributed by atoms with E-state index in [1.165, 1.54) is 13.3 Å². The Labute approximate surface area is 94.4 Å². The van der Waals surface area contributed by atoms with E-state index in [2.05, 4.69) is 9.72 Å². The summed E-state index contributed by atoms with van der Waals surface area (Å²) in [7, 11) is -2.04. The fraction of sp³-hybridized carbons (Fsp3) is 0.400. The van der Waals surface area contributed by atoms with Crippen molar-refractivity contribution in [2.45, 2.75) is 5.92 Å². The predicted molar refractivity (Wildman–Crippen MR) is 58.7 cm³/mol. The van der Waals surface area contributed by atoms with E-state index in [1.54, 1.807) is 18.2 Å². The van der Waals surface area contributed by atoms with Crippen molar-refractivity contribution in [1.29, 1.82) is 0 Å². The van der Waals surface area contributed by atoms with Gasteiger partial charge in [0.2, 0.25) is 0 Å². The first-order valence-electron chi connectivity index (χ1n) is 4.60. The average Bonchev–Trinajstić information content (AvgIpc) is 2.25. The number of hydrogen-bond acceptors (Lipinski definition) is 5. The molecule has 0 aromatic carbocycles. The van der Waals surface area contributed by atoms with Crippen LogP contribution in [0.1, 0.15) is 11.6 Å². The molecular weight excluding hydrogens is 230 g/mol. The third kappa shape index (κ3) is 3.62. The van der Waals surface area contributed by atoms with Crippen molar-refractivity contribution in [3.8, 4) is 0 Å². The van der Waals surface area contributed by atoms with Gasteiger partial charge in [0.25, 0.3) is 0 Å². The third-order valence-corrected chi connectivity index (χ3v) is 2.94. The first-order valence-corrected chi connectivity index (χ1v) is 6.66. The van der Waals surface area contributed by atoms with Crippen LogP contribution in [0, 0.1) is 0 Å². The summed E-state index contributed by atoms with van der Waals surface area (Å²) in [6, 6.07) is 4.99. The lowest BCUT2D eigenvalue weighted by atomic mass is 10.1. The van der Waals surface area contributed by atoms with Crippen molar-refractivity contribution < 1.29 is 17.9 Å². The van der Waals surface area contributed by atoms with Gasteiger partial charge in [0.15, 0.2) is 0 Å². The zero-order valence-electron chi connectivity index (χ0n) is 9.08. The number of carbonyl (C=O) groups is 1. The van der Waals surface area contributed by atoms with Crippen LogP contribution in [0.2, 0.25) is 0 Å². The molecule has 0 saturated carbocycles. The summed E-state index contributed by atoms with van der Waals surface area (Å²) in [5.74, 6) is -1.75. The summed E-state index contributed by atoms with van der Waals surface area (Å²) in [6.07, 6.45) is 2.58. The minimum absolute atomic E-state index is 0.295. The van der Waals surface area contributed by atoms with Gasteiger partial charge in [-0.1, -0.05) is 6.07 Å². The minimum atomic E-state index is -3.27. The van der Waals surface area contributed by atoms with Gasteiger partial charge in [-0.2, -0.15) is 0 Å². The van der Waals surface area contributed by atoms with Gasteiger partial charge in [0.05, 0.1) is 18.6 Å². The number of rotatable bonds is 4. The molecule has 0 aliphatic carbocycles. The maximum absolute atomic E-state index is 11.5. The fourth-order valence-electron chi connectivity index (χ4n) is 1.30. The van der Waals surface area contributed by atoms with Crippen LogP contribution in [0.5, 0.6) is 0 Å². The van der Waals surface area contributed by atoms with Gasteiger partial charge >= 0.3 is 5.97 Å². The third-order valence-electron chi connectivity index (χ3n) is 2.00. The van der Waals surface area contributed by atoms with Gasteiger partial charge in [-0.25, -0.2) is 8.42 Å². The van der Waals surface area contributed by atoms with Gasteiger partial charge in [-0.3, -0.25) is 9.78 Å². The molecule has 88 valence electrons. The van der Waals surface area contributed by atoms with Crippen molar-refractivity contribution in [1.82, 2.24) is 4.98 Å². The maximum Gasteiger partial charge on any atom is 0.315 e. The summed E-state index contributed by atoms with van der Waals surface area (Å²) in [4.78, 5) is 15.4.